The topological polar surface area (TPSA) is 55.1 Å². The van der Waals surface area contributed by atoms with E-state index in [2.05, 4.69) is 5.10 Å². The number of rotatable bonds is 3. The van der Waals surface area contributed by atoms with Crippen molar-refractivity contribution in [2.45, 2.75) is 6.54 Å². The summed E-state index contributed by atoms with van der Waals surface area (Å²) in [6, 6.07) is 0. The Morgan fingerprint density at radius 1 is 1.83 bits per heavy atom. The minimum Gasteiger partial charge on any atom is -0.476 e. The van der Waals surface area contributed by atoms with Gasteiger partial charge < -0.3 is 5.11 Å². The molecular formula is C6H6ClFN2O2. The smallest absolute Gasteiger partial charge is 0.357 e. The maximum atomic E-state index is 11.8. The van der Waals surface area contributed by atoms with Gasteiger partial charge >= 0.3 is 5.97 Å². The quantitative estimate of drug-likeness (QED) is 0.783. The Kier molecular flexibility index (Phi) is 2.65. The molecule has 1 rings (SSSR count). The summed E-state index contributed by atoms with van der Waals surface area (Å²) in [4.78, 5) is 10.4. The highest BCUT2D eigenvalue weighted by Gasteiger charge is 2.13. The molecule has 4 nitrogen and oxygen atoms in total. The predicted molar refractivity (Wildman–Crippen MR) is 40.2 cm³/mol. The predicted octanol–water partition coefficient (Wildman–Crippen LogP) is 1.20. The summed E-state index contributed by atoms with van der Waals surface area (Å²) in [5.74, 6) is -1.21. The van der Waals surface area contributed by atoms with E-state index in [4.69, 9.17) is 16.7 Å². The van der Waals surface area contributed by atoms with Gasteiger partial charge in [0.2, 0.25) is 0 Å². The van der Waals surface area contributed by atoms with E-state index in [1.807, 2.05) is 0 Å². The summed E-state index contributed by atoms with van der Waals surface area (Å²) in [5.41, 5.74) is -0.245. The molecule has 0 fully saturated rings. The number of aromatic nitrogens is 2. The number of halogens is 2. The zero-order valence-corrected chi connectivity index (χ0v) is 6.75. The van der Waals surface area contributed by atoms with Crippen LogP contribution in [0.2, 0.25) is 5.02 Å². The molecule has 0 spiro atoms. The third-order valence-corrected chi connectivity index (χ3v) is 1.51. The van der Waals surface area contributed by atoms with Crippen molar-refractivity contribution in [3.8, 4) is 0 Å². The summed E-state index contributed by atoms with van der Waals surface area (Å²) >= 11 is 5.49. The summed E-state index contributed by atoms with van der Waals surface area (Å²) in [6.07, 6.45) is 1.28. The van der Waals surface area contributed by atoms with Crippen molar-refractivity contribution in [2.24, 2.45) is 0 Å². The summed E-state index contributed by atoms with van der Waals surface area (Å²) in [5, 5.41) is 12.1. The maximum absolute atomic E-state index is 11.8. The van der Waals surface area contributed by atoms with Crippen LogP contribution in [0.1, 0.15) is 10.5 Å². The lowest BCUT2D eigenvalue weighted by Gasteiger charge is -1.92. The SMILES string of the molecule is O=C(O)c1nn(CCF)cc1Cl. The summed E-state index contributed by atoms with van der Waals surface area (Å²) in [7, 11) is 0. The van der Waals surface area contributed by atoms with E-state index >= 15 is 0 Å². The number of hydrogen-bond donors (Lipinski definition) is 1. The van der Waals surface area contributed by atoms with Crippen LogP contribution in [-0.4, -0.2) is 27.5 Å². The van der Waals surface area contributed by atoms with Gasteiger partial charge in [0.25, 0.3) is 0 Å². The van der Waals surface area contributed by atoms with Crippen molar-refractivity contribution in [3.05, 3.63) is 16.9 Å². The van der Waals surface area contributed by atoms with Crippen LogP contribution in [0, 0.1) is 0 Å². The van der Waals surface area contributed by atoms with Crippen LogP contribution in [0.4, 0.5) is 4.39 Å². The molecule has 66 valence electrons. The number of carboxylic acids is 1. The molecule has 0 aliphatic carbocycles. The lowest BCUT2D eigenvalue weighted by molar-refractivity contribution is 0.0689. The highest BCUT2D eigenvalue weighted by Crippen LogP contribution is 2.13. The molecule has 0 bridgehead atoms. The van der Waals surface area contributed by atoms with Crippen molar-refractivity contribution in [1.29, 1.82) is 0 Å². The van der Waals surface area contributed by atoms with Gasteiger partial charge in [-0.25, -0.2) is 9.18 Å². The Balaban J connectivity index is 2.92. The molecule has 1 N–H and O–H groups in total. The first-order valence-electron chi connectivity index (χ1n) is 3.17. The van der Waals surface area contributed by atoms with Gasteiger partial charge in [0.05, 0.1) is 11.6 Å². The molecule has 0 aromatic carbocycles. The molecule has 0 aliphatic heterocycles. The third-order valence-electron chi connectivity index (χ3n) is 1.23. The first kappa shape index (κ1) is 8.99. The van der Waals surface area contributed by atoms with E-state index in [-0.39, 0.29) is 17.3 Å². The van der Waals surface area contributed by atoms with Crippen LogP contribution in [-0.2, 0) is 6.54 Å². The van der Waals surface area contributed by atoms with Crippen LogP contribution < -0.4 is 0 Å². The van der Waals surface area contributed by atoms with Gasteiger partial charge in [-0.15, -0.1) is 0 Å². The Morgan fingerprint density at radius 3 is 2.92 bits per heavy atom. The maximum Gasteiger partial charge on any atom is 0.357 e. The third kappa shape index (κ3) is 1.73. The Hall–Kier alpha value is -1.10. The van der Waals surface area contributed by atoms with Gasteiger partial charge in [-0.3, -0.25) is 4.68 Å². The second-order valence-corrected chi connectivity index (χ2v) is 2.49. The Labute approximate surface area is 72.6 Å². The average Bonchev–Trinajstić information content (AvgIpc) is 2.32. The Bertz CT molecular complexity index is 300. The van der Waals surface area contributed by atoms with Gasteiger partial charge in [0, 0.05) is 6.20 Å². The first-order chi connectivity index (χ1) is 5.65. The fourth-order valence-corrected chi connectivity index (χ4v) is 0.974. The van der Waals surface area contributed by atoms with E-state index in [1.165, 1.54) is 6.20 Å². The number of alkyl halides is 1. The highest BCUT2D eigenvalue weighted by atomic mass is 35.5. The minimum atomic E-state index is -1.21. The molecule has 12 heavy (non-hydrogen) atoms. The van der Waals surface area contributed by atoms with E-state index in [9.17, 15) is 9.18 Å². The zero-order chi connectivity index (χ0) is 9.14. The van der Waals surface area contributed by atoms with Gasteiger partial charge in [-0.1, -0.05) is 11.6 Å². The molecule has 0 saturated carbocycles. The van der Waals surface area contributed by atoms with E-state index in [1.54, 1.807) is 0 Å². The molecule has 1 heterocycles. The fraction of sp³-hybridized carbons (Fsp3) is 0.333. The lowest BCUT2D eigenvalue weighted by atomic mass is 10.4. The molecule has 0 unspecified atom stereocenters. The van der Waals surface area contributed by atoms with Crippen LogP contribution in [0.25, 0.3) is 0 Å². The van der Waals surface area contributed by atoms with Crippen LogP contribution >= 0.6 is 11.6 Å². The number of hydrogen-bond acceptors (Lipinski definition) is 2. The molecule has 0 aliphatic rings. The number of nitrogens with zero attached hydrogens (tertiary/aromatic N) is 2. The largest absolute Gasteiger partial charge is 0.476 e. The monoisotopic (exact) mass is 192 g/mol. The molecule has 0 amide bonds. The van der Waals surface area contributed by atoms with Crippen molar-refractivity contribution in [1.82, 2.24) is 9.78 Å². The standard InChI is InChI=1S/C6H6ClFN2O2/c7-4-3-10(2-1-8)9-5(4)6(11)12/h3H,1-2H2,(H,11,12). The first-order valence-corrected chi connectivity index (χ1v) is 3.55. The zero-order valence-electron chi connectivity index (χ0n) is 6.00. The molecule has 1 aromatic rings. The molecule has 6 heteroatoms. The van der Waals surface area contributed by atoms with Crippen LogP contribution in [0.5, 0.6) is 0 Å². The number of aryl methyl sites for hydroxylation is 1. The van der Waals surface area contributed by atoms with Crippen molar-refractivity contribution in [3.63, 3.8) is 0 Å². The van der Waals surface area contributed by atoms with Gasteiger partial charge in [0.1, 0.15) is 6.67 Å². The fourth-order valence-electron chi connectivity index (χ4n) is 0.743. The summed E-state index contributed by atoms with van der Waals surface area (Å²) in [6.45, 7) is -0.579. The van der Waals surface area contributed by atoms with Crippen LogP contribution in [0.3, 0.4) is 0 Å². The van der Waals surface area contributed by atoms with Gasteiger partial charge in [0.15, 0.2) is 5.69 Å². The van der Waals surface area contributed by atoms with E-state index in [0.29, 0.717) is 0 Å². The molecule has 0 atom stereocenters. The van der Waals surface area contributed by atoms with E-state index in [0.717, 1.165) is 4.68 Å². The average molecular weight is 193 g/mol. The van der Waals surface area contributed by atoms with Crippen molar-refractivity contribution >= 4 is 17.6 Å². The normalized spacial score (nSPS) is 10.2. The summed E-state index contributed by atoms with van der Waals surface area (Å²) < 4.78 is 12.9. The van der Waals surface area contributed by atoms with E-state index < -0.39 is 12.6 Å². The molecular weight excluding hydrogens is 187 g/mol. The number of carbonyl (C=O) groups is 1. The lowest BCUT2D eigenvalue weighted by Crippen LogP contribution is -2.03. The second-order valence-electron chi connectivity index (χ2n) is 2.08. The van der Waals surface area contributed by atoms with Gasteiger partial charge in [-0.05, 0) is 0 Å². The van der Waals surface area contributed by atoms with Gasteiger partial charge in [-0.2, -0.15) is 5.10 Å². The van der Waals surface area contributed by atoms with Crippen molar-refractivity contribution < 1.29 is 14.3 Å². The van der Waals surface area contributed by atoms with Crippen molar-refractivity contribution in [2.75, 3.05) is 6.67 Å². The molecule has 1 aromatic heterocycles. The van der Waals surface area contributed by atoms with Crippen LogP contribution in [0.15, 0.2) is 6.20 Å². The second kappa shape index (κ2) is 3.53. The molecule has 0 saturated heterocycles. The Morgan fingerprint density at radius 2 is 2.50 bits per heavy atom. The minimum absolute atomic E-state index is 0.0208. The highest BCUT2D eigenvalue weighted by molar-refractivity contribution is 6.33. The number of carboxylic acid groups (broad SMARTS) is 1. The number of aromatic carboxylic acids is 1. The molecule has 0 radical (unpaired) electrons.